The number of nitrogens with two attached hydrogens (primary N) is 2. The van der Waals surface area contributed by atoms with E-state index >= 15 is 0 Å². The Morgan fingerprint density at radius 2 is 1.84 bits per heavy atom. The highest BCUT2D eigenvalue weighted by Crippen LogP contribution is 2.23. The van der Waals surface area contributed by atoms with Crippen molar-refractivity contribution < 1.29 is 9.53 Å². The fourth-order valence-corrected chi connectivity index (χ4v) is 3.93. The van der Waals surface area contributed by atoms with Crippen molar-refractivity contribution in [1.82, 2.24) is 19.8 Å². The van der Waals surface area contributed by atoms with Crippen LogP contribution in [0.2, 0.25) is 0 Å². The minimum atomic E-state index is -0.465. The number of nitrogens with zero attached hydrogens (tertiary/aromatic N) is 3. The van der Waals surface area contributed by atoms with E-state index in [9.17, 15) is 9.59 Å². The smallest absolute Gasteiger partial charge is 0.259 e. The third-order valence-electron chi connectivity index (χ3n) is 5.72. The fourth-order valence-electron chi connectivity index (χ4n) is 3.93. The zero-order valence-corrected chi connectivity index (χ0v) is 18.1. The van der Waals surface area contributed by atoms with E-state index in [0.29, 0.717) is 55.3 Å². The molecule has 0 saturated carbocycles. The molecule has 1 fully saturated rings. The summed E-state index contributed by atoms with van der Waals surface area (Å²) in [5.41, 5.74) is 14.3. The molecule has 1 aliphatic rings. The number of benzene rings is 1. The average Bonchev–Trinajstić information content (AvgIpc) is 2.80. The summed E-state index contributed by atoms with van der Waals surface area (Å²) >= 11 is 0. The zero-order chi connectivity index (χ0) is 22.7. The van der Waals surface area contributed by atoms with Gasteiger partial charge in [-0.15, -0.1) is 0 Å². The van der Waals surface area contributed by atoms with Gasteiger partial charge in [0, 0.05) is 44.0 Å². The number of ether oxygens (including phenoxy) is 1. The number of carbonyl (C=O) groups excluding carboxylic acids is 1. The maximum Gasteiger partial charge on any atom is 0.259 e. The molecule has 3 heterocycles. The van der Waals surface area contributed by atoms with Gasteiger partial charge in [-0.2, -0.15) is 0 Å². The molecule has 0 aliphatic carbocycles. The number of rotatable bonds is 6. The minimum absolute atomic E-state index is 0.0386. The van der Waals surface area contributed by atoms with Gasteiger partial charge in [-0.25, -0.2) is 4.98 Å². The number of aromatic nitrogens is 2. The quantitative estimate of drug-likeness (QED) is 0.497. The molecule has 9 nitrogen and oxygen atoms in total. The SMILES string of the molecule is CCn1c(N)c(C(=O)NCCN2CCOCC2)c(=O)c2ccc(-c3ccc(N)cc3)nc21. The number of amides is 1. The second-order valence-electron chi connectivity index (χ2n) is 7.73. The monoisotopic (exact) mass is 436 g/mol. The first-order chi connectivity index (χ1) is 15.5. The molecule has 168 valence electrons. The van der Waals surface area contributed by atoms with Crippen LogP contribution in [0, 0.1) is 0 Å². The highest BCUT2D eigenvalue weighted by Gasteiger charge is 2.22. The third-order valence-corrected chi connectivity index (χ3v) is 5.72. The summed E-state index contributed by atoms with van der Waals surface area (Å²) in [7, 11) is 0. The molecular formula is C23H28N6O3. The maximum absolute atomic E-state index is 13.2. The number of nitrogens with one attached hydrogen (secondary N) is 1. The van der Waals surface area contributed by atoms with Gasteiger partial charge in [-0.05, 0) is 31.2 Å². The molecule has 0 bridgehead atoms. The highest BCUT2D eigenvalue weighted by atomic mass is 16.5. The number of hydrogen-bond acceptors (Lipinski definition) is 7. The van der Waals surface area contributed by atoms with Crippen molar-refractivity contribution in [1.29, 1.82) is 0 Å². The van der Waals surface area contributed by atoms with Gasteiger partial charge in [0.2, 0.25) is 5.43 Å². The third kappa shape index (κ3) is 4.30. The number of anilines is 2. The number of aryl methyl sites for hydroxylation is 1. The lowest BCUT2D eigenvalue weighted by atomic mass is 10.1. The van der Waals surface area contributed by atoms with Crippen molar-refractivity contribution in [2.45, 2.75) is 13.5 Å². The molecule has 9 heteroatoms. The summed E-state index contributed by atoms with van der Waals surface area (Å²) < 4.78 is 7.04. The Labute approximate surface area is 186 Å². The van der Waals surface area contributed by atoms with Crippen LogP contribution in [-0.4, -0.2) is 59.8 Å². The minimum Gasteiger partial charge on any atom is -0.399 e. The summed E-state index contributed by atoms with van der Waals surface area (Å²) in [6, 6.07) is 10.8. The first-order valence-electron chi connectivity index (χ1n) is 10.8. The molecule has 4 rings (SSSR count). The van der Waals surface area contributed by atoms with E-state index in [1.807, 2.05) is 19.1 Å². The van der Waals surface area contributed by atoms with Crippen LogP contribution in [0.4, 0.5) is 11.5 Å². The molecule has 1 saturated heterocycles. The molecule has 0 radical (unpaired) electrons. The first kappa shape index (κ1) is 21.8. The second kappa shape index (κ2) is 9.37. The van der Waals surface area contributed by atoms with E-state index in [2.05, 4.69) is 15.2 Å². The molecule has 1 aliphatic heterocycles. The topological polar surface area (TPSA) is 128 Å². The Balaban J connectivity index is 1.65. The highest BCUT2D eigenvalue weighted by molar-refractivity contribution is 6.01. The lowest BCUT2D eigenvalue weighted by Crippen LogP contribution is -2.42. The van der Waals surface area contributed by atoms with E-state index in [1.165, 1.54) is 0 Å². The van der Waals surface area contributed by atoms with E-state index in [-0.39, 0.29) is 11.4 Å². The molecule has 32 heavy (non-hydrogen) atoms. The van der Waals surface area contributed by atoms with Gasteiger partial charge in [0.05, 0.1) is 24.3 Å². The van der Waals surface area contributed by atoms with Gasteiger partial charge >= 0.3 is 0 Å². The Hall–Kier alpha value is -3.43. The van der Waals surface area contributed by atoms with Gasteiger partial charge in [-0.3, -0.25) is 14.5 Å². The van der Waals surface area contributed by atoms with Crippen molar-refractivity contribution in [3.8, 4) is 11.3 Å². The Bertz CT molecular complexity index is 1180. The van der Waals surface area contributed by atoms with E-state index in [4.69, 9.17) is 16.2 Å². The molecule has 1 amide bonds. The number of nitrogen functional groups attached to an aromatic ring is 2. The molecule has 3 aromatic rings. The summed E-state index contributed by atoms with van der Waals surface area (Å²) in [5, 5.41) is 3.20. The normalized spacial score (nSPS) is 14.5. The van der Waals surface area contributed by atoms with Crippen LogP contribution in [0.3, 0.4) is 0 Å². The van der Waals surface area contributed by atoms with Crippen LogP contribution in [0.5, 0.6) is 0 Å². The average molecular weight is 437 g/mol. The van der Waals surface area contributed by atoms with Crippen molar-refractivity contribution in [2.75, 3.05) is 50.9 Å². The number of hydrogen-bond donors (Lipinski definition) is 3. The van der Waals surface area contributed by atoms with Crippen molar-refractivity contribution in [2.24, 2.45) is 0 Å². The standard InChI is InChI=1S/C23H28N6O3/c1-2-29-21(25)19(23(31)26-9-10-28-11-13-32-14-12-28)20(30)17-7-8-18(27-22(17)29)15-3-5-16(24)6-4-15/h3-8H,2,9-14,24-25H2,1H3,(H,26,31). The number of morpholine rings is 1. The van der Waals surface area contributed by atoms with Crippen LogP contribution in [0.25, 0.3) is 22.3 Å². The zero-order valence-electron chi connectivity index (χ0n) is 18.1. The lowest BCUT2D eigenvalue weighted by Gasteiger charge is -2.26. The van der Waals surface area contributed by atoms with Crippen molar-refractivity contribution >= 4 is 28.4 Å². The largest absolute Gasteiger partial charge is 0.399 e. The van der Waals surface area contributed by atoms with E-state index in [0.717, 1.165) is 18.7 Å². The number of fused-ring (bicyclic) bond motifs is 1. The molecule has 5 N–H and O–H groups in total. The van der Waals surface area contributed by atoms with Crippen LogP contribution < -0.4 is 22.2 Å². The number of pyridine rings is 2. The molecule has 1 aromatic carbocycles. The predicted octanol–water partition coefficient (Wildman–Crippen LogP) is 1.31. The fraction of sp³-hybridized carbons (Fsp3) is 0.348. The molecule has 0 atom stereocenters. The Morgan fingerprint density at radius 1 is 1.12 bits per heavy atom. The van der Waals surface area contributed by atoms with Crippen molar-refractivity contribution in [3.05, 3.63) is 52.2 Å². The van der Waals surface area contributed by atoms with Crippen molar-refractivity contribution in [3.63, 3.8) is 0 Å². The lowest BCUT2D eigenvalue weighted by molar-refractivity contribution is 0.0383. The van der Waals surface area contributed by atoms with E-state index < -0.39 is 11.3 Å². The predicted molar refractivity (Wildman–Crippen MR) is 126 cm³/mol. The van der Waals surface area contributed by atoms with Crippen LogP contribution in [0.1, 0.15) is 17.3 Å². The second-order valence-corrected chi connectivity index (χ2v) is 7.73. The Kier molecular flexibility index (Phi) is 6.38. The van der Waals surface area contributed by atoms with Gasteiger partial charge in [0.15, 0.2) is 0 Å². The Morgan fingerprint density at radius 3 is 2.53 bits per heavy atom. The molecule has 0 unspecified atom stereocenters. The summed E-state index contributed by atoms with van der Waals surface area (Å²) in [6.45, 7) is 6.54. The molecular weight excluding hydrogens is 408 g/mol. The summed E-state index contributed by atoms with van der Waals surface area (Å²) in [4.78, 5) is 33.0. The van der Waals surface area contributed by atoms with E-state index in [1.54, 1.807) is 28.8 Å². The van der Waals surface area contributed by atoms with Gasteiger partial charge in [0.1, 0.15) is 17.0 Å². The maximum atomic E-state index is 13.2. The summed E-state index contributed by atoms with van der Waals surface area (Å²) in [6.07, 6.45) is 0. The van der Waals surface area contributed by atoms with Crippen LogP contribution >= 0.6 is 0 Å². The summed E-state index contributed by atoms with van der Waals surface area (Å²) in [5.74, 6) is -0.344. The first-order valence-corrected chi connectivity index (χ1v) is 10.8. The molecule has 0 spiro atoms. The van der Waals surface area contributed by atoms with Crippen LogP contribution in [0.15, 0.2) is 41.2 Å². The van der Waals surface area contributed by atoms with Gasteiger partial charge in [-0.1, -0.05) is 12.1 Å². The van der Waals surface area contributed by atoms with Gasteiger partial charge < -0.3 is 26.1 Å². The van der Waals surface area contributed by atoms with Gasteiger partial charge in [0.25, 0.3) is 5.91 Å². The van der Waals surface area contributed by atoms with Crippen LogP contribution in [-0.2, 0) is 11.3 Å². The molecule has 2 aromatic heterocycles. The number of carbonyl (C=O) groups is 1.